The second-order valence-corrected chi connectivity index (χ2v) is 8.34. The molecule has 4 aromatic rings. The predicted octanol–water partition coefficient (Wildman–Crippen LogP) is 5.49. The van der Waals surface area contributed by atoms with Crippen LogP contribution in [-0.4, -0.2) is 24.7 Å². The van der Waals surface area contributed by atoms with Crippen LogP contribution in [0.4, 0.5) is 0 Å². The summed E-state index contributed by atoms with van der Waals surface area (Å²) in [6.07, 6.45) is 0. The summed E-state index contributed by atoms with van der Waals surface area (Å²) in [5.74, 6) is 1.32. The number of nitrogens with zero attached hydrogens (tertiary/aromatic N) is 2. The van der Waals surface area contributed by atoms with Crippen molar-refractivity contribution >= 4 is 17.2 Å². The van der Waals surface area contributed by atoms with E-state index in [2.05, 4.69) is 4.99 Å². The molecule has 0 spiro atoms. The zero-order valence-corrected chi connectivity index (χ0v) is 19.3. The number of carbonyl (C=O) groups excluding carboxylic acids is 1. The number of thiazole rings is 1. The topological polar surface area (TPSA) is 52.8 Å². The van der Waals surface area contributed by atoms with Crippen molar-refractivity contribution in [2.45, 2.75) is 6.92 Å². The molecule has 0 radical (unpaired) electrons. The van der Waals surface area contributed by atoms with Crippen LogP contribution < -0.4 is 14.3 Å². The minimum Gasteiger partial charge on any atom is -0.497 e. The van der Waals surface area contributed by atoms with Gasteiger partial charge in [0.15, 0.2) is 4.80 Å². The number of hydrogen-bond acceptors (Lipinski definition) is 4. The molecule has 3 aromatic carbocycles. The summed E-state index contributed by atoms with van der Waals surface area (Å²) in [6.45, 7) is 1.96. The number of benzene rings is 3. The van der Waals surface area contributed by atoms with E-state index in [0.717, 1.165) is 38.8 Å². The molecule has 0 saturated heterocycles. The Bertz CT molecular complexity index is 1320. The Morgan fingerprint density at radius 1 is 0.875 bits per heavy atom. The van der Waals surface area contributed by atoms with E-state index in [1.54, 1.807) is 20.3 Å². The van der Waals surface area contributed by atoms with Crippen LogP contribution in [0, 0.1) is 6.92 Å². The van der Waals surface area contributed by atoms with Gasteiger partial charge in [-0.1, -0.05) is 29.0 Å². The standard InChI is InChI=1S/C26H24N2O3S/c1-17-6-5-7-20(16-17)25(29)27-26-28(2)23(18-8-12-21(30-3)13-9-18)24(32-26)19-10-14-22(31-4)15-11-19/h5-16H,1-4H3. The molecular weight excluding hydrogens is 420 g/mol. The molecule has 6 heteroatoms. The first-order chi connectivity index (χ1) is 15.5. The molecule has 1 aromatic heterocycles. The van der Waals surface area contributed by atoms with Crippen LogP contribution >= 0.6 is 11.3 Å². The van der Waals surface area contributed by atoms with Gasteiger partial charge in [0.2, 0.25) is 0 Å². The Morgan fingerprint density at radius 3 is 2.03 bits per heavy atom. The summed E-state index contributed by atoms with van der Waals surface area (Å²) in [5.41, 5.74) is 4.63. The van der Waals surface area contributed by atoms with E-state index in [4.69, 9.17) is 9.47 Å². The molecule has 162 valence electrons. The van der Waals surface area contributed by atoms with Crippen LogP contribution in [0.15, 0.2) is 77.8 Å². The molecule has 0 fully saturated rings. The summed E-state index contributed by atoms with van der Waals surface area (Å²) in [7, 11) is 5.23. The van der Waals surface area contributed by atoms with Crippen LogP contribution in [0.5, 0.6) is 11.5 Å². The van der Waals surface area contributed by atoms with Gasteiger partial charge in [-0.05, 0) is 78.7 Å². The maximum absolute atomic E-state index is 12.9. The minimum absolute atomic E-state index is 0.256. The summed E-state index contributed by atoms with van der Waals surface area (Å²) in [6, 6.07) is 23.3. The average molecular weight is 445 g/mol. The first-order valence-electron chi connectivity index (χ1n) is 10.1. The zero-order valence-electron chi connectivity index (χ0n) is 18.5. The first kappa shape index (κ1) is 21.6. The second-order valence-electron chi connectivity index (χ2n) is 7.36. The molecule has 0 unspecified atom stereocenters. The third-order valence-corrected chi connectivity index (χ3v) is 6.39. The lowest BCUT2D eigenvalue weighted by Gasteiger charge is -2.09. The lowest BCUT2D eigenvalue weighted by molar-refractivity contribution is 0.0998. The van der Waals surface area contributed by atoms with Crippen LogP contribution in [0.3, 0.4) is 0 Å². The SMILES string of the molecule is COc1ccc(-c2sc(=NC(=O)c3cccc(C)c3)n(C)c2-c2ccc(OC)cc2)cc1. The third-order valence-electron chi connectivity index (χ3n) is 5.21. The highest BCUT2D eigenvalue weighted by molar-refractivity contribution is 7.13. The fraction of sp³-hybridized carbons (Fsp3) is 0.154. The van der Waals surface area contributed by atoms with Gasteiger partial charge in [-0.15, -0.1) is 0 Å². The molecule has 0 atom stereocenters. The molecule has 0 saturated carbocycles. The molecule has 5 nitrogen and oxygen atoms in total. The van der Waals surface area contributed by atoms with Gasteiger partial charge in [-0.25, -0.2) is 0 Å². The van der Waals surface area contributed by atoms with E-state index < -0.39 is 0 Å². The Balaban J connectivity index is 1.88. The van der Waals surface area contributed by atoms with E-state index in [1.807, 2.05) is 85.3 Å². The van der Waals surface area contributed by atoms with Gasteiger partial charge in [0, 0.05) is 12.6 Å². The number of hydrogen-bond donors (Lipinski definition) is 0. The number of ether oxygens (including phenoxy) is 2. The molecule has 32 heavy (non-hydrogen) atoms. The van der Waals surface area contributed by atoms with Crippen molar-refractivity contribution < 1.29 is 14.3 Å². The van der Waals surface area contributed by atoms with Gasteiger partial charge in [-0.3, -0.25) is 4.79 Å². The van der Waals surface area contributed by atoms with Crippen molar-refractivity contribution in [3.05, 3.63) is 88.7 Å². The number of aryl methyl sites for hydroxylation is 1. The van der Waals surface area contributed by atoms with Crippen molar-refractivity contribution in [3.63, 3.8) is 0 Å². The van der Waals surface area contributed by atoms with Gasteiger partial charge in [0.1, 0.15) is 11.5 Å². The Morgan fingerprint density at radius 2 is 1.47 bits per heavy atom. The number of aromatic nitrogens is 1. The Hall–Kier alpha value is -3.64. The maximum atomic E-state index is 12.9. The van der Waals surface area contributed by atoms with Crippen molar-refractivity contribution in [3.8, 4) is 33.2 Å². The van der Waals surface area contributed by atoms with Gasteiger partial charge in [0.05, 0.1) is 24.8 Å². The Kier molecular flexibility index (Phi) is 6.23. The van der Waals surface area contributed by atoms with Gasteiger partial charge in [-0.2, -0.15) is 4.99 Å². The second kappa shape index (κ2) is 9.24. The molecule has 1 amide bonds. The maximum Gasteiger partial charge on any atom is 0.279 e. The summed E-state index contributed by atoms with van der Waals surface area (Å²) in [5, 5.41) is 0. The monoisotopic (exact) mass is 444 g/mol. The summed E-state index contributed by atoms with van der Waals surface area (Å²) in [4.78, 5) is 19.0. The normalized spacial score (nSPS) is 11.4. The van der Waals surface area contributed by atoms with Gasteiger partial charge < -0.3 is 14.0 Å². The van der Waals surface area contributed by atoms with Crippen molar-refractivity contribution in [1.29, 1.82) is 0 Å². The predicted molar refractivity (Wildman–Crippen MR) is 128 cm³/mol. The molecule has 0 aliphatic carbocycles. The molecule has 4 rings (SSSR count). The number of carbonyl (C=O) groups is 1. The minimum atomic E-state index is -0.256. The van der Waals surface area contributed by atoms with Crippen molar-refractivity contribution in [1.82, 2.24) is 4.57 Å². The quantitative estimate of drug-likeness (QED) is 0.409. The molecule has 0 bridgehead atoms. The molecule has 0 N–H and O–H groups in total. The summed E-state index contributed by atoms with van der Waals surface area (Å²) < 4.78 is 12.6. The fourth-order valence-corrected chi connectivity index (χ4v) is 4.64. The third kappa shape index (κ3) is 4.36. The van der Waals surface area contributed by atoms with Gasteiger partial charge in [0.25, 0.3) is 5.91 Å². The zero-order chi connectivity index (χ0) is 22.7. The largest absolute Gasteiger partial charge is 0.497 e. The lowest BCUT2D eigenvalue weighted by atomic mass is 10.1. The number of amides is 1. The van der Waals surface area contributed by atoms with Crippen LogP contribution in [0.1, 0.15) is 15.9 Å². The van der Waals surface area contributed by atoms with E-state index in [9.17, 15) is 4.79 Å². The van der Waals surface area contributed by atoms with Crippen LogP contribution in [0.25, 0.3) is 21.7 Å². The first-order valence-corrected chi connectivity index (χ1v) is 11.0. The highest BCUT2D eigenvalue weighted by Gasteiger charge is 2.17. The molecular formula is C26H24N2O3S. The van der Waals surface area contributed by atoms with Crippen molar-refractivity contribution in [2.75, 3.05) is 14.2 Å². The lowest BCUT2D eigenvalue weighted by Crippen LogP contribution is -2.14. The van der Waals surface area contributed by atoms with E-state index in [-0.39, 0.29) is 5.91 Å². The van der Waals surface area contributed by atoms with Gasteiger partial charge >= 0.3 is 0 Å². The average Bonchev–Trinajstić information content (AvgIpc) is 3.15. The molecule has 1 heterocycles. The van der Waals surface area contributed by atoms with E-state index in [1.165, 1.54) is 11.3 Å². The molecule has 0 aliphatic heterocycles. The highest BCUT2D eigenvalue weighted by Crippen LogP contribution is 2.35. The molecule has 0 aliphatic rings. The van der Waals surface area contributed by atoms with E-state index >= 15 is 0 Å². The van der Waals surface area contributed by atoms with Crippen LogP contribution in [0.2, 0.25) is 0 Å². The number of rotatable bonds is 5. The van der Waals surface area contributed by atoms with Crippen molar-refractivity contribution in [2.24, 2.45) is 12.0 Å². The Labute approximate surface area is 191 Å². The van der Waals surface area contributed by atoms with E-state index in [0.29, 0.717) is 10.4 Å². The number of methoxy groups -OCH3 is 2. The highest BCUT2D eigenvalue weighted by atomic mass is 32.1. The smallest absolute Gasteiger partial charge is 0.279 e. The fourth-order valence-electron chi connectivity index (χ4n) is 3.50. The van der Waals surface area contributed by atoms with Crippen LogP contribution in [-0.2, 0) is 7.05 Å². The summed E-state index contributed by atoms with van der Waals surface area (Å²) >= 11 is 1.49.